The molecule has 0 saturated heterocycles. The van der Waals surface area contributed by atoms with E-state index in [1.54, 1.807) is 24.3 Å². The van der Waals surface area contributed by atoms with E-state index in [-0.39, 0.29) is 22.1 Å². The first-order chi connectivity index (χ1) is 13.3. The highest BCUT2D eigenvalue weighted by molar-refractivity contribution is 7.15. The maximum atomic E-state index is 12.8. The fraction of sp³-hybridized carbons (Fsp3) is 0.111. The van der Waals surface area contributed by atoms with Gasteiger partial charge in [-0.1, -0.05) is 23.7 Å². The van der Waals surface area contributed by atoms with Gasteiger partial charge in [-0.2, -0.15) is 13.2 Å². The molecule has 0 saturated carbocycles. The van der Waals surface area contributed by atoms with Gasteiger partial charge in [-0.3, -0.25) is 19.5 Å². The van der Waals surface area contributed by atoms with Crippen LogP contribution in [0.4, 0.5) is 13.2 Å². The second kappa shape index (κ2) is 6.68. The molecular formula is C18H9ClF3N3O2S. The number of fused-ring (bicyclic) bond motifs is 1. The van der Waals surface area contributed by atoms with E-state index >= 15 is 0 Å². The molecule has 10 heteroatoms. The minimum absolute atomic E-state index is 0.119. The predicted octanol–water partition coefficient (Wildman–Crippen LogP) is 4.67. The number of imide groups is 1. The van der Waals surface area contributed by atoms with E-state index in [0.717, 1.165) is 11.1 Å². The maximum absolute atomic E-state index is 12.8. The first-order valence-electron chi connectivity index (χ1n) is 7.89. The lowest BCUT2D eigenvalue weighted by molar-refractivity contribution is -0.137. The molecule has 0 radical (unpaired) electrons. The molecule has 3 heterocycles. The Morgan fingerprint density at radius 2 is 1.68 bits per heavy atom. The predicted molar refractivity (Wildman–Crippen MR) is 96.0 cm³/mol. The maximum Gasteiger partial charge on any atom is 0.443 e. The summed E-state index contributed by atoms with van der Waals surface area (Å²) < 4.78 is 38.3. The third-order valence-electron chi connectivity index (χ3n) is 4.14. The van der Waals surface area contributed by atoms with Crippen LogP contribution >= 0.6 is 22.9 Å². The Balaban J connectivity index is 1.65. The highest BCUT2D eigenvalue weighted by Gasteiger charge is 2.36. The Kier molecular flexibility index (Phi) is 4.43. The minimum Gasteiger partial charge on any atom is -0.270 e. The number of pyridine rings is 1. The summed E-state index contributed by atoms with van der Waals surface area (Å²) in [5, 5.41) is -0.790. The summed E-state index contributed by atoms with van der Waals surface area (Å²) in [5.41, 5.74) is 1.22. The molecule has 2 aromatic heterocycles. The van der Waals surface area contributed by atoms with Crippen molar-refractivity contribution in [2.24, 2.45) is 0 Å². The van der Waals surface area contributed by atoms with Crippen LogP contribution < -0.4 is 0 Å². The van der Waals surface area contributed by atoms with Crippen LogP contribution in [-0.4, -0.2) is 26.7 Å². The quantitative estimate of drug-likeness (QED) is 0.574. The molecule has 0 N–H and O–H groups in total. The van der Waals surface area contributed by atoms with Crippen molar-refractivity contribution in [1.29, 1.82) is 0 Å². The van der Waals surface area contributed by atoms with Gasteiger partial charge in [0.2, 0.25) is 0 Å². The fourth-order valence-electron chi connectivity index (χ4n) is 2.81. The summed E-state index contributed by atoms with van der Waals surface area (Å²) in [6.45, 7) is -0.119. The molecule has 4 rings (SSSR count). The van der Waals surface area contributed by atoms with Crippen molar-refractivity contribution in [2.45, 2.75) is 12.7 Å². The zero-order valence-electron chi connectivity index (χ0n) is 13.8. The van der Waals surface area contributed by atoms with E-state index in [1.807, 2.05) is 0 Å². The minimum atomic E-state index is -4.54. The van der Waals surface area contributed by atoms with Crippen LogP contribution in [0.5, 0.6) is 0 Å². The Labute approximate surface area is 165 Å². The van der Waals surface area contributed by atoms with E-state index in [1.165, 1.54) is 12.3 Å². The third kappa shape index (κ3) is 3.16. The van der Waals surface area contributed by atoms with E-state index < -0.39 is 23.0 Å². The van der Waals surface area contributed by atoms with Gasteiger partial charge in [-0.25, -0.2) is 4.98 Å². The molecule has 28 heavy (non-hydrogen) atoms. The lowest BCUT2D eigenvalue weighted by Gasteiger charge is -2.15. The van der Waals surface area contributed by atoms with Gasteiger partial charge in [0, 0.05) is 12.4 Å². The number of hydrogen-bond acceptors (Lipinski definition) is 5. The number of aromatic nitrogens is 2. The number of alkyl halides is 3. The number of benzene rings is 1. The lowest BCUT2D eigenvalue weighted by Crippen LogP contribution is -2.29. The fourth-order valence-corrected chi connectivity index (χ4v) is 3.73. The van der Waals surface area contributed by atoms with E-state index in [0.29, 0.717) is 28.0 Å². The van der Waals surface area contributed by atoms with Crippen molar-refractivity contribution in [3.63, 3.8) is 0 Å². The molecule has 5 nitrogen and oxygen atoms in total. The number of amides is 2. The molecule has 0 bridgehead atoms. The molecule has 2 amide bonds. The van der Waals surface area contributed by atoms with E-state index in [9.17, 15) is 22.8 Å². The van der Waals surface area contributed by atoms with Gasteiger partial charge in [0.25, 0.3) is 11.8 Å². The van der Waals surface area contributed by atoms with Crippen LogP contribution in [0.2, 0.25) is 5.02 Å². The molecule has 0 spiro atoms. The van der Waals surface area contributed by atoms with Crippen LogP contribution in [0.15, 0.2) is 42.7 Å². The topological polar surface area (TPSA) is 63.2 Å². The smallest absolute Gasteiger partial charge is 0.270 e. The lowest BCUT2D eigenvalue weighted by atomic mass is 10.1. The van der Waals surface area contributed by atoms with Crippen LogP contribution in [0, 0.1) is 0 Å². The van der Waals surface area contributed by atoms with Gasteiger partial charge in [0.1, 0.15) is 0 Å². The average molecular weight is 424 g/mol. The number of carbonyl (C=O) groups excluding carboxylic acids is 2. The van der Waals surface area contributed by atoms with Crippen molar-refractivity contribution >= 4 is 34.8 Å². The Morgan fingerprint density at radius 1 is 1.04 bits per heavy atom. The molecule has 0 fully saturated rings. The van der Waals surface area contributed by atoms with Crippen LogP contribution in [-0.2, 0) is 12.7 Å². The standard InChI is InChI=1S/C18H9ClF3N3O2S/c19-12-6-23-13(14-7-24-17(28-14)18(20,21)22)5-9(12)8-25-15(26)10-3-1-2-4-11(10)16(25)27/h1-7H,8H2. The normalized spacial score (nSPS) is 13.9. The molecule has 1 aliphatic rings. The summed E-state index contributed by atoms with van der Waals surface area (Å²) >= 11 is 6.59. The van der Waals surface area contributed by atoms with Gasteiger partial charge >= 0.3 is 6.18 Å². The Morgan fingerprint density at radius 3 is 2.25 bits per heavy atom. The van der Waals surface area contributed by atoms with Crippen LogP contribution in [0.1, 0.15) is 31.3 Å². The van der Waals surface area contributed by atoms with E-state index in [2.05, 4.69) is 9.97 Å². The summed E-state index contributed by atoms with van der Waals surface area (Å²) in [4.78, 5) is 33.7. The second-order valence-electron chi connectivity index (χ2n) is 5.93. The largest absolute Gasteiger partial charge is 0.443 e. The number of hydrogen-bond donors (Lipinski definition) is 0. The molecule has 0 atom stereocenters. The number of carbonyl (C=O) groups is 2. The van der Waals surface area contributed by atoms with Crippen LogP contribution in [0.25, 0.3) is 10.6 Å². The Bertz CT molecular complexity index is 1080. The molecule has 0 unspecified atom stereocenters. The monoisotopic (exact) mass is 423 g/mol. The van der Waals surface area contributed by atoms with Crippen molar-refractivity contribution in [3.05, 3.63) is 69.4 Å². The van der Waals surface area contributed by atoms with Crippen molar-refractivity contribution in [3.8, 4) is 10.6 Å². The second-order valence-corrected chi connectivity index (χ2v) is 7.37. The molecule has 0 aliphatic carbocycles. The SMILES string of the molecule is O=C1c2ccccc2C(=O)N1Cc1cc(-c2cnc(C(F)(F)F)s2)ncc1Cl. The zero-order valence-corrected chi connectivity index (χ0v) is 15.4. The molecule has 142 valence electrons. The molecule has 3 aromatic rings. The van der Waals surface area contributed by atoms with E-state index in [4.69, 9.17) is 11.6 Å². The summed E-state index contributed by atoms with van der Waals surface area (Å²) in [6.07, 6.45) is -2.19. The molecular weight excluding hydrogens is 415 g/mol. The molecule has 1 aromatic carbocycles. The summed E-state index contributed by atoms with van der Waals surface area (Å²) in [5.74, 6) is -0.903. The highest BCUT2D eigenvalue weighted by atomic mass is 35.5. The van der Waals surface area contributed by atoms with Gasteiger partial charge in [0.05, 0.1) is 33.3 Å². The van der Waals surface area contributed by atoms with Crippen molar-refractivity contribution in [2.75, 3.05) is 0 Å². The highest BCUT2D eigenvalue weighted by Crippen LogP contribution is 2.36. The van der Waals surface area contributed by atoms with Gasteiger partial charge in [0.15, 0.2) is 5.01 Å². The zero-order chi connectivity index (χ0) is 20.1. The number of halogens is 4. The average Bonchev–Trinajstić information content (AvgIpc) is 3.24. The molecule has 1 aliphatic heterocycles. The summed E-state index contributed by atoms with van der Waals surface area (Å²) in [6, 6.07) is 7.90. The van der Waals surface area contributed by atoms with Gasteiger partial charge < -0.3 is 0 Å². The van der Waals surface area contributed by atoms with Crippen LogP contribution in [0.3, 0.4) is 0 Å². The first kappa shape index (κ1) is 18.6. The summed E-state index contributed by atoms with van der Waals surface area (Å²) in [7, 11) is 0. The number of thiazole rings is 1. The third-order valence-corrected chi connectivity index (χ3v) is 5.55. The van der Waals surface area contributed by atoms with Gasteiger partial charge in [-0.05, 0) is 23.8 Å². The Hall–Kier alpha value is -2.78. The number of nitrogens with zero attached hydrogens (tertiary/aromatic N) is 3. The number of rotatable bonds is 3. The first-order valence-corrected chi connectivity index (χ1v) is 9.08. The van der Waals surface area contributed by atoms with Crippen molar-refractivity contribution < 1.29 is 22.8 Å². The van der Waals surface area contributed by atoms with Gasteiger partial charge in [-0.15, -0.1) is 11.3 Å². The van der Waals surface area contributed by atoms with Crippen molar-refractivity contribution in [1.82, 2.24) is 14.9 Å².